The Morgan fingerprint density at radius 1 is 1.26 bits per heavy atom. The third-order valence-electron chi connectivity index (χ3n) is 4.75. The Hall–Kier alpha value is -2.31. The van der Waals surface area contributed by atoms with Crippen LogP contribution in [0.1, 0.15) is 30.5 Å². The van der Waals surface area contributed by atoms with Crippen LogP contribution in [-0.2, 0) is 5.75 Å². The van der Waals surface area contributed by atoms with Crippen LogP contribution in [0.15, 0.2) is 69.4 Å². The van der Waals surface area contributed by atoms with Gasteiger partial charge in [-0.2, -0.15) is 0 Å². The molecular weight excluding hydrogens is 380 g/mol. The third kappa shape index (κ3) is 3.47. The average Bonchev–Trinajstić information content (AvgIpc) is 3.07. The fraction of sp³-hybridized carbons (Fsp3) is 0.250. The summed E-state index contributed by atoms with van der Waals surface area (Å²) < 4.78 is 3.46. The van der Waals surface area contributed by atoms with Crippen LogP contribution in [0.2, 0.25) is 0 Å². The lowest BCUT2D eigenvalue weighted by atomic mass is 10.00. The van der Waals surface area contributed by atoms with Gasteiger partial charge in [-0.25, -0.2) is 0 Å². The SMILES string of the molecule is CC1=C(Cl)C=CCC1n1ccn2c(SCc3cccc(C)c3)nnc2c1=O. The zero-order valence-electron chi connectivity index (χ0n) is 15.1. The van der Waals surface area contributed by atoms with Gasteiger partial charge in [0.05, 0.1) is 6.04 Å². The summed E-state index contributed by atoms with van der Waals surface area (Å²) >= 11 is 7.81. The number of hydrogen-bond acceptors (Lipinski definition) is 4. The van der Waals surface area contributed by atoms with Crippen LogP contribution in [0.4, 0.5) is 0 Å². The highest BCUT2D eigenvalue weighted by molar-refractivity contribution is 7.98. The molecule has 0 saturated carbocycles. The van der Waals surface area contributed by atoms with E-state index in [1.54, 1.807) is 26.9 Å². The summed E-state index contributed by atoms with van der Waals surface area (Å²) in [4.78, 5) is 13.0. The zero-order chi connectivity index (χ0) is 19.0. The number of aryl methyl sites for hydroxylation is 1. The summed E-state index contributed by atoms with van der Waals surface area (Å²) in [5.74, 6) is 0.774. The van der Waals surface area contributed by atoms with E-state index in [1.165, 1.54) is 11.1 Å². The lowest BCUT2D eigenvalue weighted by molar-refractivity contribution is 0.552. The molecule has 0 spiro atoms. The summed E-state index contributed by atoms with van der Waals surface area (Å²) in [6.07, 6.45) is 8.26. The number of fused-ring (bicyclic) bond motifs is 1. The number of allylic oxidation sites excluding steroid dienone is 4. The normalized spacial score (nSPS) is 17.1. The van der Waals surface area contributed by atoms with Gasteiger partial charge in [0.2, 0.25) is 5.65 Å². The van der Waals surface area contributed by atoms with Gasteiger partial charge < -0.3 is 4.57 Å². The lowest BCUT2D eigenvalue weighted by Crippen LogP contribution is -2.27. The first-order chi connectivity index (χ1) is 13.0. The van der Waals surface area contributed by atoms with Crippen LogP contribution in [0.5, 0.6) is 0 Å². The number of rotatable bonds is 4. The van der Waals surface area contributed by atoms with Crippen molar-refractivity contribution in [1.82, 2.24) is 19.2 Å². The Bertz CT molecular complexity index is 1130. The molecule has 138 valence electrons. The molecule has 27 heavy (non-hydrogen) atoms. The Morgan fingerprint density at radius 3 is 2.93 bits per heavy atom. The molecule has 4 rings (SSSR count). The molecule has 5 nitrogen and oxygen atoms in total. The minimum absolute atomic E-state index is 0.0832. The average molecular weight is 399 g/mol. The maximum Gasteiger partial charge on any atom is 0.296 e. The summed E-state index contributed by atoms with van der Waals surface area (Å²) in [7, 11) is 0. The summed E-state index contributed by atoms with van der Waals surface area (Å²) in [6.45, 7) is 4.03. The molecule has 3 aromatic rings. The molecule has 1 unspecified atom stereocenters. The van der Waals surface area contributed by atoms with E-state index in [0.29, 0.717) is 15.8 Å². The van der Waals surface area contributed by atoms with Crippen molar-refractivity contribution in [2.45, 2.75) is 37.2 Å². The van der Waals surface area contributed by atoms with Crippen molar-refractivity contribution < 1.29 is 0 Å². The van der Waals surface area contributed by atoms with Gasteiger partial charge in [0.25, 0.3) is 5.56 Å². The van der Waals surface area contributed by atoms with Crippen molar-refractivity contribution in [1.29, 1.82) is 0 Å². The van der Waals surface area contributed by atoms with Crippen molar-refractivity contribution in [3.8, 4) is 0 Å². The van der Waals surface area contributed by atoms with Gasteiger partial charge in [-0.1, -0.05) is 59.3 Å². The minimum atomic E-state index is -0.156. The second-order valence-corrected chi connectivity index (χ2v) is 8.00. The van der Waals surface area contributed by atoms with Crippen LogP contribution >= 0.6 is 23.4 Å². The van der Waals surface area contributed by atoms with E-state index in [4.69, 9.17) is 11.6 Å². The van der Waals surface area contributed by atoms with Crippen LogP contribution < -0.4 is 5.56 Å². The molecule has 7 heteroatoms. The lowest BCUT2D eigenvalue weighted by Gasteiger charge is -2.22. The Balaban J connectivity index is 1.64. The molecule has 0 bridgehead atoms. The molecule has 0 aliphatic heterocycles. The molecular formula is C20H19ClN4OS. The maximum absolute atomic E-state index is 13.0. The fourth-order valence-electron chi connectivity index (χ4n) is 3.26. The van der Waals surface area contributed by atoms with E-state index in [0.717, 1.165) is 17.7 Å². The van der Waals surface area contributed by atoms with Crippen LogP contribution in [0, 0.1) is 6.92 Å². The van der Waals surface area contributed by atoms with Crippen molar-refractivity contribution in [3.05, 3.63) is 80.9 Å². The Kier molecular flexibility index (Phi) is 4.93. The van der Waals surface area contributed by atoms with Crippen molar-refractivity contribution >= 4 is 29.0 Å². The van der Waals surface area contributed by atoms with Crippen LogP contribution in [-0.4, -0.2) is 19.2 Å². The van der Waals surface area contributed by atoms with Crippen molar-refractivity contribution in [3.63, 3.8) is 0 Å². The summed E-state index contributed by atoms with van der Waals surface area (Å²) in [6, 6.07) is 8.28. The molecule has 0 radical (unpaired) electrons. The number of nitrogens with zero attached hydrogens (tertiary/aromatic N) is 4. The molecule has 2 aromatic heterocycles. The quantitative estimate of drug-likeness (QED) is 0.607. The summed E-state index contributed by atoms with van der Waals surface area (Å²) in [5, 5.41) is 9.77. The highest BCUT2D eigenvalue weighted by Crippen LogP contribution is 2.30. The second kappa shape index (κ2) is 7.37. The minimum Gasteiger partial charge on any atom is -0.303 e. The molecule has 0 amide bonds. The van der Waals surface area contributed by atoms with E-state index in [2.05, 4.69) is 35.3 Å². The van der Waals surface area contributed by atoms with E-state index < -0.39 is 0 Å². The molecule has 0 N–H and O–H groups in total. The molecule has 1 aliphatic carbocycles. The molecule has 2 heterocycles. The van der Waals surface area contributed by atoms with Crippen LogP contribution in [0.3, 0.4) is 0 Å². The van der Waals surface area contributed by atoms with E-state index in [1.807, 2.05) is 31.3 Å². The first-order valence-electron chi connectivity index (χ1n) is 8.71. The maximum atomic E-state index is 13.0. The zero-order valence-corrected chi connectivity index (χ0v) is 16.7. The van der Waals surface area contributed by atoms with Gasteiger partial charge in [0.1, 0.15) is 0 Å². The van der Waals surface area contributed by atoms with Gasteiger partial charge in [0, 0.05) is 23.2 Å². The van der Waals surface area contributed by atoms with E-state index in [-0.39, 0.29) is 11.6 Å². The number of halogens is 1. The Morgan fingerprint density at radius 2 is 2.11 bits per heavy atom. The monoisotopic (exact) mass is 398 g/mol. The number of aromatic nitrogens is 4. The van der Waals surface area contributed by atoms with E-state index in [9.17, 15) is 4.79 Å². The third-order valence-corrected chi connectivity index (χ3v) is 6.19. The first-order valence-corrected chi connectivity index (χ1v) is 10.1. The number of thioether (sulfide) groups is 1. The molecule has 1 atom stereocenters. The second-order valence-electron chi connectivity index (χ2n) is 6.65. The molecule has 1 aromatic carbocycles. The predicted molar refractivity (Wildman–Crippen MR) is 109 cm³/mol. The fourth-order valence-corrected chi connectivity index (χ4v) is 4.34. The van der Waals surface area contributed by atoms with Gasteiger partial charge in [-0.3, -0.25) is 9.20 Å². The molecule has 1 aliphatic rings. The number of hydrogen-bond donors (Lipinski definition) is 0. The number of benzene rings is 1. The molecule has 0 saturated heterocycles. The smallest absolute Gasteiger partial charge is 0.296 e. The van der Waals surface area contributed by atoms with Gasteiger partial charge in [-0.15, -0.1) is 10.2 Å². The molecule has 0 fully saturated rings. The standard InChI is InChI=1S/C20H19ClN4OS/c1-13-5-3-6-15(11-13)12-27-20-23-22-18-19(26)24(9-10-25(18)20)17-8-4-7-16(21)14(17)2/h3-7,9-11,17H,8,12H2,1-2H3. The van der Waals surface area contributed by atoms with Gasteiger partial charge in [-0.05, 0) is 37.5 Å². The Labute approximate surface area is 166 Å². The summed E-state index contributed by atoms with van der Waals surface area (Å²) in [5.41, 5.74) is 3.61. The van der Waals surface area contributed by atoms with Gasteiger partial charge in [0.15, 0.2) is 5.16 Å². The van der Waals surface area contributed by atoms with Gasteiger partial charge >= 0.3 is 0 Å². The highest BCUT2D eigenvalue weighted by Gasteiger charge is 2.21. The highest BCUT2D eigenvalue weighted by atomic mass is 35.5. The first kappa shape index (κ1) is 18.1. The largest absolute Gasteiger partial charge is 0.303 e. The van der Waals surface area contributed by atoms with Crippen LogP contribution in [0.25, 0.3) is 5.65 Å². The predicted octanol–water partition coefficient (Wildman–Crippen LogP) is 4.51. The van der Waals surface area contributed by atoms with Crippen molar-refractivity contribution in [2.24, 2.45) is 0 Å². The topological polar surface area (TPSA) is 52.2 Å². The van der Waals surface area contributed by atoms with E-state index >= 15 is 0 Å². The van der Waals surface area contributed by atoms with Crippen molar-refractivity contribution in [2.75, 3.05) is 0 Å².